The van der Waals surface area contributed by atoms with Gasteiger partial charge in [0.15, 0.2) is 0 Å². The number of rotatable bonds is 0. The van der Waals surface area contributed by atoms with Crippen LogP contribution in [0.3, 0.4) is 0 Å². The molecule has 0 saturated heterocycles. The van der Waals surface area contributed by atoms with Crippen LogP contribution in [0.4, 0.5) is 0 Å². The third-order valence-electron chi connectivity index (χ3n) is 0.556. The number of hydrogen-bond donors (Lipinski definition) is 0. The van der Waals surface area contributed by atoms with E-state index in [0.29, 0.717) is 0 Å². The van der Waals surface area contributed by atoms with Gasteiger partial charge in [-0.3, -0.25) is 0 Å². The normalized spacial score (nSPS) is 13.0. The summed E-state index contributed by atoms with van der Waals surface area (Å²) >= 11 is 0. The first-order chi connectivity index (χ1) is 5.33. The van der Waals surface area contributed by atoms with Crippen LogP contribution in [-0.4, -0.2) is 0 Å². The summed E-state index contributed by atoms with van der Waals surface area (Å²) in [5.74, 6) is 0. The van der Waals surface area contributed by atoms with Gasteiger partial charge < -0.3 is 0 Å². The molecule has 1 aliphatic rings. The predicted octanol–water partition coefficient (Wildman–Crippen LogP) is 2.74. The van der Waals surface area contributed by atoms with Crippen molar-refractivity contribution < 1.29 is 21.7 Å². The molecule has 1 aliphatic carbocycles. The summed E-state index contributed by atoms with van der Waals surface area (Å²) in [7, 11) is 0. The zero-order valence-corrected chi connectivity index (χ0v) is 8.93. The van der Waals surface area contributed by atoms with E-state index < -0.39 is 0 Å². The molecule has 11 radical (unpaired) electrons. The van der Waals surface area contributed by atoms with E-state index in [1.165, 1.54) is 12.8 Å². The first-order valence-corrected chi connectivity index (χ1v) is 3.30. The predicted molar refractivity (Wildman–Crippen MR) is 51.5 cm³/mol. The fourth-order valence-electron chi connectivity index (χ4n) is 0.321. The third-order valence-corrected chi connectivity index (χ3v) is 0.556. The summed E-state index contributed by atoms with van der Waals surface area (Å²) in [5, 5.41) is 0. The van der Waals surface area contributed by atoms with E-state index in [1.807, 2.05) is 32.1 Å². The van der Waals surface area contributed by atoms with Crippen LogP contribution >= 0.6 is 0 Å². The molecule has 0 heterocycles. The largest absolute Gasteiger partial charge is 0.0499 e. The van der Waals surface area contributed by atoms with Gasteiger partial charge in [0.2, 0.25) is 0 Å². The van der Waals surface area contributed by atoms with Crippen LogP contribution in [0.5, 0.6) is 0 Å². The van der Waals surface area contributed by atoms with Gasteiger partial charge in [-0.2, -0.15) is 0 Å². The maximum Gasteiger partial charge on any atom is 0 e. The molecule has 0 aliphatic heterocycles. The molecule has 0 spiro atoms. The second kappa shape index (κ2) is 22.6. The summed E-state index contributed by atoms with van der Waals surface area (Å²) in [6.07, 6.45) is 13.0. The van der Waals surface area contributed by atoms with Crippen molar-refractivity contribution in [3.8, 4) is 0 Å². The van der Waals surface area contributed by atoms with Crippen LogP contribution in [0, 0.1) is 72.6 Å². The fourth-order valence-corrected chi connectivity index (χ4v) is 0.321. The van der Waals surface area contributed by atoms with E-state index in [4.69, 9.17) is 0 Å². The molecule has 1 saturated carbocycles. The van der Waals surface area contributed by atoms with E-state index in [1.54, 1.807) is 0 Å². The van der Waals surface area contributed by atoms with Crippen LogP contribution < -0.4 is 0 Å². The van der Waals surface area contributed by atoms with Crippen LogP contribution in [0.2, 0.25) is 0 Å². The Morgan fingerprint density at radius 3 is 0.750 bits per heavy atom. The van der Waals surface area contributed by atoms with Crippen LogP contribution in [0.25, 0.3) is 0 Å². The van der Waals surface area contributed by atoms with Gasteiger partial charge in [-0.25, -0.2) is 0 Å². The van der Waals surface area contributed by atoms with Gasteiger partial charge in [0.05, 0.1) is 0 Å². The first-order valence-electron chi connectivity index (χ1n) is 3.30. The SMILES string of the molecule is [CH2][CH][CH2].[CH2][CH][CH2].[CH]1[CH][CH][CH][CH]1.[Ti]. The van der Waals surface area contributed by atoms with E-state index >= 15 is 0 Å². The zero-order valence-electron chi connectivity index (χ0n) is 7.37. The summed E-state index contributed by atoms with van der Waals surface area (Å²) in [4.78, 5) is 0. The van der Waals surface area contributed by atoms with Crippen molar-refractivity contribution in [3.63, 3.8) is 0 Å². The van der Waals surface area contributed by atoms with Crippen LogP contribution in [0.15, 0.2) is 0 Å². The standard InChI is InChI=1S/C5H5.2C3H5.Ti/c1-2-4-5-3-1;2*1-3-2;/h1-5H;2*3H,1-2H2;. The molecule has 0 unspecified atom stereocenters. The Bertz CT molecular complexity index is 30.7. The second-order valence-corrected chi connectivity index (χ2v) is 1.54. The topological polar surface area (TPSA) is 0 Å². The van der Waals surface area contributed by atoms with Gasteiger partial charge in [0, 0.05) is 21.7 Å². The van der Waals surface area contributed by atoms with Crippen molar-refractivity contribution >= 4 is 0 Å². The molecule has 63 valence electrons. The molecule has 0 amide bonds. The molecule has 1 rings (SSSR count). The molecule has 12 heavy (non-hydrogen) atoms. The Balaban J connectivity index is -0.000000104. The Kier molecular flexibility index (Phi) is 34.8. The maximum atomic E-state index is 3.25. The smallest absolute Gasteiger partial charge is 0 e. The summed E-state index contributed by atoms with van der Waals surface area (Å²) in [6.45, 7) is 13.0. The van der Waals surface area contributed by atoms with Crippen molar-refractivity contribution in [1.29, 1.82) is 0 Å². The molecule has 0 aromatic rings. The van der Waals surface area contributed by atoms with E-state index in [0.717, 1.165) is 0 Å². The Morgan fingerprint density at radius 1 is 0.583 bits per heavy atom. The van der Waals surface area contributed by atoms with Gasteiger partial charge in [-0.1, -0.05) is 0 Å². The van der Waals surface area contributed by atoms with Crippen molar-refractivity contribution in [2.75, 3.05) is 0 Å². The second-order valence-electron chi connectivity index (χ2n) is 1.54. The van der Waals surface area contributed by atoms with Gasteiger partial charge in [0.1, 0.15) is 0 Å². The monoisotopic (exact) mass is 195 g/mol. The molecule has 0 N–H and O–H groups in total. The van der Waals surface area contributed by atoms with Gasteiger partial charge in [-0.15, -0.1) is 0 Å². The van der Waals surface area contributed by atoms with Gasteiger partial charge in [-0.05, 0) is 72.6 Å². The molecule has 1 heteroatoms. The van der Waals surface area contributed by atoms with Crippen molar-refractivity contribution in [2.24, 2.45) is 0 Å². The Hall–Kier alpha value is 0.714. The molecule has 0 atom stereocenters. The van der Waals surface area contributed by atoms with E-state index in [9.17, 15) is 0 Å². The minimum Gasteiger partial charge on any atom is -0.0499 e. The van der Waals surface area contributed by atoms with Crippen LogP contribution in [0.1, 0.15) is 0 Å². The Labute approximate surface area is 94.4 Å². The first kappa shape index (κ1) is 18.5. The summed E-state index contributed by atoms with van der Waals surface area (Å²) in [6, 6.07) is 0. The quantitative estimate of drug-likeness (QED) is 0.521. The minimum absolute atomic E-state index is 0. The average molecular weight is 195 g/mol. The van der Waals surface area contributed by atoms with Crippen molar-refractivity contribution in [1.82, 2.24) is 0 Å². The van der Waals surface area contributed by atoms with Crippen molar-refractivity contribution in [3.05, 3.63) is 72.6 Å². The fraction of sp³-hybridized carbons (Fsp3) is 0. The zero-order chi connectivity index (χ0) is 8.95. The van der Waals surface area contributed by atoms with E-state index in [-0.39, 0.29) is 21.7 Å². The average Bonchev–Trinajstić information content (AvgIpc) is 2.44. The molecule has 0 aromatic heterocycles. The summed E-state index contributed by atoms with van der Waals surface area (Å²) in [5.41, 5.74) is 0. The molecule has 1 fully saturated rings. The maximum absolute atomic E-state index is 3.25. The number of hydrogen-bond acceptors (Lipinski definition) is 0. The molecule has 0 aromatic carbocycles. The van der Waals surface area contributed by atoms with Gasteiger partial charge >= 0.3 is 0 Å². The molecule has 0 bridgehead atoms. The Morgan fingerprint density at radius 2 is 0.667 bits per heavy atom. The summed E-state index contributed by atoms with van der Waals surface area (Å²) < 4.78 is 0. The minimum atomic E-state index is 0. The third kappa shape index (κ3) is 31.0. The molecule has 0 nitrogen and oxygen atoms in total. The van der Waals surface area contributed by atoms with Crippen LogP contribution in [-0.2, 0) is 21.7 Å². The molecular formula is C11H15Ti. The van der Waals surface area contributed by atoms with Gasteiger partial charge in [0.25, 0.3) is 0 Å². The molecular weight excluding hydrogens is 180 g/mol. The van der Waals surface area contributed by atoms with E-state index in [2.05, 4.69) is 27.7 Å². The van der Waals surface area contributed by atoms with Crippen molar-refractivity contribution in [2.45, 2.75) is 0 Å².